The molecular weight excluding hydrogens is 364 g/mol. The molecule has 0 fully saturated rings. The lowest BCUT2D eigenvalue weighted by atomic mass is 10.1. The lowest BCUT2D eigenvalue weighted by Gasteiger charge is -2.15. The molecule has 0 spiro atoms. The van der Waals surface area contributed by atoms with E-state index in [1.54, 1.807) is 60.5 Å². The average molecular weight is 388 g/mol. The Morgan fingerprint density at radius 2 is 1.55 bits per heavy atom. The first-order valence-corrected chi connectivity index (χ1v) is 9.45. The number of nitrogens with zero attached hydrogens (tertiary/aromatic N) is 1. The van der Waals surface area contributed by atoms with Crippen molar-refractivity contribution in [3.05, 3.63) is 90.0 Å². The highest BCUT2D eigenvalue weighted by Crippen LogP contribution is 2.18. The smallest absolute Gasteiger partial charge is 0.255 e. The summed E-state index contributed by atoms with van der Waals surface area (Å²) < 4.78 is 5.75. The summed E-state index contributed by atoms with van der Waals surface area (Å²) in [5, 5.41) is 2.85. The Hall–Kier alpha value is -3.60. The van der Waals surface area contributed by atoms with Crippen LogP contribution in [0.15, 0.2) is 78.9 Å². The van der Waals surface area contributed by atoms with Crippen LogP contribution in [0.3, 0.4) is 0 Å². The zero-order chi connectivity index (χ0) is 20.6. The Morgan fingerprint density at radius 1 is 0.897 bits per heavy atom. The summed E-state index contributed by atoms with van der Waals surface area (Å²) in [4.78, 5) is 25.4. The molecule has 0 bridgehead atoms. The lowest BCUT2D eigenvalue weighted by molar-refractivity contribution is -0.116. The molecule has 148 valence electrons. The second-order valence-electron chi connectivity index (χ2n) is 6.69. The number of nitrogens with one attached hydrogen (secondary N) is 1. The molecule has 29 heavy (non-hydrogen) atoms. The van der Waals surface area contributed by atoms with Gasteiger partial charge in [0.25, 0.3) is 5.91 Å². The van der Waals surface area contributed by atoms with E-state index in [1.807, 2.05) is 18.2 Å². The minimum Gasteiger partial charge on any atom is -0.493 e. The first-order chi connectivity index (χ1) is 14.0. The zero-order valence-electron chi connectivity index (χ0n) is 16.6. The van der Waals surface area contributed by atoms with Crippen LogP contribution in [-0.4, -0.2) is 25.5 Å². The van der Waals surface area contributed by atoms with Crippen molar-refractivity contribution in [2.24, 2.45) is 0 Å². The zero-order valence-corrected chi connectivity index (χ0v) is 16.6. The summed E-state index contributed by atoms with van der Waals surface area (Å²) in [6.07, 6.45) is 0.831. The first kappa shape index (κ1) is 20.1. The Kier molecular flexibility index (Phi) is 6.63. The Morgan fingerprint density at radius 3 is 2.17 bits per heavy atom. The number of hydrogen-bond donors (Lipinski definition) is 1. The first-order valence-electron chi connectivity index (χ1n) is 9.45. The van der Waals surface area contributed by atoms with Crippen molar-refractivity contribution in [3.8, 4) is 5.75 Å². The summed E-state index contributed by atoms with van der Waals surface area (Å²) in [7, 11) is 1.71. The fraction of sp³-hybridized carbons (Fsp3) is 0.167. The van der Waals surface area contributed by atoms with E-state index in [4.69, 9.17) is 4.74 Å². The summed E-state index contributed by atoms with van der Waals surface area (Å²) >= 11 is 0. The third kappa shape index (κ3) is 5.69. The molecule has 0 atom stereocenters. The van der Waals surface area contributed by atoms with E-state index in [0.717, 1.165) is 17.9 Å². The molecule has 5 nitrogen and oxygen atoms in total. The summed E-state index contributed by atoms with van der Waals surface area (Å²) in [5.74, 6) is 0.482. The predicted octanol–water partition coefficient (Wildman–Crippen LogP) is 4.54. The van der Waals surface area contributed by atoms with Crippen molar-refractivity contribution in [2.75, 3.05) is 23.9 Å². The monoisotopic (exact) mass is 388 g/mol. The van der Waals surface area contributed by atoms with E-state index < -0.39 is 0 Å². The van der Waals surface area contributed by atoms with Gasteiger partial charge in [0.15, 0.2) is 0 Å². The van der Waals surface area contributed by atoms with Gasteiger partial charge in [-0.2, -0.15) is 0 Å². The van der Waals surface area contributed by atoms with Crippen LogP contribution in [0.5, 0.6) is 5.75 Å². The number of carbonyl (C=O) groups is 2. The highest BCUT2D eigenvalue weighted by Gasteiger charge is 2.08. The fourth-order valence-electron chi connectivity index (χ4n) is 2.79. The third-order valence-corrected chi connectivity index (χ3v) is 4.60. The van der Waals surface area contributed by atoms with Crippen LogP contribution in [-0.2, 0) is 11.2 Å². The van der Waals surface area contributed by atoms with E-state index in [1.165, 1.54) is 12.5 Å². The van der Waals surface area contributed by atoms with Crippen LogP contribution < -0.4 is 15.0 Å². The van der Waals surface area contributed by atoms with Gasteiger partial charge < -0.3 is 15.0 Å². The molecule has 0 saturated heterocycles. The molecule has 0 aliphatic carbocycles. The number of amides is 2. The van der Waals surface area contributed by atoms with Gasteiger partial charge in [0, 0.05) is 37.3 Å². The van der Waals surface area contributed by atoms with Gasteiger partial charge in [-0.1, -0.05) is 30.3 Å². The van der Waals surface area contributed by atoms with E-state index in [-0.39, 0.29) is 11.8 Å². The maximum atomic E-state index is 12.4. The van der Waals surface area contributed by atoms with E-state index >= 15 is 0 Å². The van der Waals surface area contributed by atoms with Crippen LogP contribution in [0.25, 0.3) is 0 Å². The Bertz CT molecular complexity index is 952. The molecule has 0 unspecified atom stereocenters. The normalized spacial score (nSPS) is 10.3. The SMILES string of the molecule is CC(=O)N(C)c1ccc(NC(=O)c2ccc(OCCc3ccccc3)cc2)cc1. The molecule has 2 amide bonds. The van der Waals surface area contributed by atoms with Gasteiger partial charge >= 0.3 is 0 Å². The number of benzene rings is 3. The Labute approximate surface area is 170 Å². The lowest BCUT2D eigenvalue weighted by Crippen LogP contribution is -2.22. The Balaban J connectivity index is 1.52. The van der Waals surface area contributed by atoms with Gasteiger partial charge in [0.05, 0.1) is 6.61 Å². The van der Waals surface area contributed by atoms with Gasteiger partial charge in [-0.25, -0.2) is 0 Å². The molecule has 0 aliphatic heterocycles. The second kappa shape index (κ2) is 9.55. The molecule has 0 heterocycles. The van der Waals surface area contributed by atoms with Gasteiger partial charge in [0.2, 0.25) is 5.91 Å². The summed E-state index contributed by atoms with van der Waals surface area (Å²) in [6, 6.07) is 24.4. The van der Waals surface area contributed by atoms with Crippen molar-refractivity contribution in [2.45, 2.75) is 13.3 Å². The second-order valence-corrected chi connectivity index (χ2v) is 6.69. The van der Waals surface area contributed by atoms with Crippen LogP contribution in [0.2, 0.25) is 0 Å². The number of carbonyl (C=O) groups excluding carboxylic acids is 2. The number of anilines is 2. The van der Waals surface area contributed by atoms with Gasteiger partial charge in [-0.3, -0.25) is 9.59 Å². The van der Waals surface area contributed by atoms with Crippen LogP contribution >= 0.6 is 0 Å². The number of rotatable bonds is 7. The largest absolute Gasteiger partial charge is 0.493 e. The molecule has 0 aromatic heterocycles. The highest BCUT2D eigenvalue weighted by molar-refractivity contribution is 6.04. The molecule has 3 rings (SSSR count). The van der Waals surface area contributed by atoms with Crippen molar-refractivity contribution in [3.63, 3.8) is 0 Å². The number of ether oxygens (including phenoxy) is 1. The van der Waals surface area contributed by atoms with Crippen molar-refractivity contribution >= 4 is 23.2 Å². The van der Waals surface area contributed by atoms with E-state index in [9.17, 15) is 9.59 Å². The standard InChI is InChI=1S/C24H24N2O3/c1-18(27)26(2)22-12-10-21(11-13-22)25-24(28)20-8-14-23(15-9-20)29-17-16-19-6-4-3-5-7-19/h3-15H,16-17H2,1-2H3,(H,25,28). The van der Waals surface area contributed by atoms with Crippen molar-refractivity contribution in [1.82, 2.24) is 0 Å². The fourth-order valence-corrected chi connectivity index (χ4v) is 2.79. The average Bonchev–Trinajstić information content (AvgIpc) is 2.75. The predicted molar refractivity (Wildman–Crippen MR) is 116 cm³/mol. The highest BCUT2D eigenvalue weighted by atomic mass is 16.5. The minimum absolute atomic E-state index is 0.0483. The molecule has 1 N–H and O–H groups in total. The minimum atomic E-state index is -0.200. The van der Waals surface area contributed by atoms with E-state index in [2.05, 4.69) is 17.4 Å². The van der Waals surface area contributed by atoms with E-state index in [0.29, 0.717) is 17.9 Å². The molecule has 0 aliphatic rings. The summed E-state index contributed by atoms with van der Waals surface area (Å²) in [5.41, 5.74) is 3.21. The van der Waals surface area contributed by atoms with Crippen molar-refractivity contribution in [1.29, 1.82) is 0 Å². The third-order valence-electron chi connectivity index (χ3n) is 4.60. The van der Waals surface area contributed by atoms with Gasteiger partial charge in [-0.05, 0) is 54.1 Å². The van der Waals surface area contributed by atoms with Crippen LogP contribution in [0, 0.1) is 0 Å². The molecule has 5 heteroatoms. The number of hydrogen-bond acceptors (Lipinski definition) is 3. The quantitative estimate of drug-likeness (QED) is 0.646. The van der Waals surface area contributed by atoms with Crippen LogP contribution in [0.4, 0.5) is 11.4 Å². The molecule has 3 aromatic rings. The molecular formula is C24H24N2O3. The van der Waals surface area contributed by atoms with Gasteiger partial charge in [0.1, 0.15) is 5.75 Å². The van der Waals surface area contributed by atoms with Crippen LogP contribution in [0.1, 0.15) is 22.8 Å². The molecule has 0 radical (unpaired) electrons. The summed E-state index contributed by atoms with van der Waals surface area (Å²) in [6.45, 7) is 2.08. The maximum Gasteiger partial charge on any atom is 0.255 e. The topological polar surface area (TPSA) is 58.6 Å². The van der Waals surface area contributed by atoms with Crippen molar-refractivity contribution < 1.29 is 14.3 Å². The van der Waals surface area contributed by atoms with Gasteiger partial charge in [-0.15, -0.1) is 0 Å². The molecule has 0 saturated carbocycles. The molecule has 3 aromatic carbocycles. The maximum absolute atomic E-state index is 12.4.